The summed E-state index contributed by atoms with van der Waals surface area (Å²) in [6.07, 6.45) is 0.353. The van der Waals surface area contributed by atoms with E-state index in [0.717, 1.165) is 11.3 Å². The average Bonchev–Trinajstić information content (AvgIpc) is 2.20. The third-order valence-electron chi connectivity index (χ3n) is 2.27. The maximum absolute atomic E-state index is 11.3. The van der Waals surface area contributed by atoms with Crippen LogP contribution in [0.1, 0.15) is 17.5 Å². The average molecular weight is 236 g/mol. The van der Waals surface area contributed by atoms with E-state index < -0.39 is 0 Å². The van der Waals surface area contributed by atoms with Crippen molar-refractivity contribution >= 4 is 5.91 Å². The minimum Gasteiger partial charge on any atom is -0.493 e. The molecular weight excluding hydrogens is 216 g/mol. The molecule has 0 bridgehead atoms. The highest BCUT2D eigenvalue weighted by Gasteiger charge is 2.04. The van der Waals surface area contributed by atoms with Gasteiger partial charge in [-0.1, -0.05) is 17.7 Å². The predicted octanol–water partition coefficient (Wildman–Crippen LogP) is 1.67. The molecule has 0 atom stereocenters. The second-order valence-electron chi connectivity index (χ2n) is 4.30. The molecule has 0 aromatic heterocycles. The first-order chi connectivity index (χ1) is 7.99. The minimum atomic E-state index is -0.0419. The summed E-state index contributed by atoms with van der Waals surface area (Å²) in [6, 6.07) is 6.01. The van der Waals surface area contributed by atoms with Gasteiger partial charge in [0.2, 0.25) is 5.91 Å². The number of carbonyl (C=O) groups is 1. The Hall–Kier alpha value is -1.55. The van der Waals surface area contributed by atoms with E-state index in [-0.39, 0.29) is 5.91 Å². The van der Waals surface area contributed by atoms with Crippen LogP contribution in [0, 0.1) is 13.8 Å². The fourth-order valence-corrected chi connectivity index (χ4v) is 1.52. The van der Waals surface area contributed by atoms with E-state index in [1.165, 1.54) is 5.56 Å². The number of amides is 1. The van der Waals surface area contributed by atoms with Gasteiger partial charge in [-0.15, -0.1) is 0 Å². The molecular formula is C13H20N2O2. The molecule has 0 heterocycles. The van der Waals surface area contributed by atoms with Crippen LogP contribution in [0.5, 0.6) is 5.75 Å². The lowest BCUT2D eigenvalue weighted by molar-refractivity contribution is -0.125. The van der Waals surface area contributed by atoms with Crippen LogP contribution in [-0.4, -0.2) is 31.6 Å². The highest BCUT2D eigenvalue weighted by atomic mass is 16.5. The summed E-state index contributed by atoms with van der Waals surface area (Å²) in [5, 5.41) is 1.62. The van der Waals surface area contributed by atoms with Crippen molar-refractivity contribution in [2.24, 2.45) is 0 Å². The van der Waals surface area contributed by atoms with Crippen molar-refractivity contribution in [2.45, 2.75) is 20.3 Å². The minimum absolute atomic E-state index is 0.0419. The van der Waals surface area contributed by atoms with E-state index in [2.05, 4.69) is 11.5 Å². The Kier molecular flexibility index (Phi) is 4.97. The molecule has 1 N–H and O–H groups in total. The second-order valence-corrected chi connectivity index (χ2v) is 4.30. The van der Waals surface area contributed by atoms with Crippen molar-refractivity contribution in [3.05, 3.63) is 29.3 Å². The smallest absolute Gasteiger partial charge is 0.237 e. The number of rotatable bonds is 5. The normalized spacial score (nSPS) is 10.4. The molecule has 0 saturated carbocycles. The number of hydrogen-bond donors (Lipinski definition) is 1. The molecule has 0 aliphatic heterocycles. The lowest BCUT2D eigenvalue weighted by Gasteiger charge is -2.13. The number of hydrazine groups is 1. The summed E-state index contributed by atoms with van der Waals surface area (Å²) >= 11 is 0. The van der Waals surface area contributed by atoms with Crippen molar-refractivity contribution in [3.8, 4) is 5.75 Å². The molecule has 0 radical (unpaired) electrons. The number of nitrogens with one attached hydrogen (secondary N) is 1. The highest BCUT2D eigenvalue weighted by Crippen LogP contribution is 2.18. The molecule has 0 unspecified atom stereocenters. The monoisotopic (exact) mass is 236 g/mol. The van der Waals surface area contributed by atoms with Gasteiger partial charge in [-0.2, -0.15) is 0 Å². The number of benzene rings is 1. The second kappa shape index (κ2) is 6.25. The van der Waals surface area contributed by atoms with E-state index in [4.69, 9.17) is 4.74 Å². The largest absolute Gasteiger partial charge is 0.493 e. The molecule has 1 amide bonds. The van der Waals surface area contributed by atoms with Gasteiger partial charge < -0.3 is 4.74 Å². The Bertz CT molecular complexity index is 389. The summed E-state index contributed by atoms with van der Waals surface area (Å²) < 4.78 is 5.56. The quantitative estimate of drug-likeness (QED) is 0.791. The Balaban J connectivity index is 2.38. The summed E-state index contributed by atoms with van der Waals surface area (Å²) in [4.78, 5) is 11.3. The van der Waals surface area contributed by atoms with Crippen LogP contribution in [0.3, 0.4) is 0 Å². The fraction of sp³-hybridized carbons (Fsp3) is 0.462. The summed E-state index contributed by atoms with van der Waals surface area (Å²) in [5.74, 6) is 0.799. The van der Waals surface area contributed by atoms with Crippen molar-refractivity contribution in [2.75, 3.05) is 20.7 Å². The van der Waals surface area contributed by atoms with Gasteiger partial charge in [-0.3, -0.25) is 10.2 Å². The van der Waals surface area contributed by atoms with E-state index in [1.807, 2.05) is 26.0 Å². The zero-order chi connectivity index (χ0) is 12.8. The lowest BCUT2D eigenvalue weighted by atomic mass is 10.1. The first-order valence-electron chi connectivity index (χ1n) is 5.66. The van der Waals surface area contributed by atoms with Crippen LogP contribution in [0.15, 0.2) is 18.2 Å². The van der Waals surface area contributed by atoms with Crippen LogP contribution in [-0.2, 0) is 4.79 Å². The first-order valence-corrected chi connectivity index (χ1v) is 5.66. The number of aryl methyl sites for hydroxylation is 2. The number of ether oxygens (including phenoxy) is 1. The predicted molar refractivity (Wildman–Crippen MR) is 67.9 cm³/mol. The summed E-state index contributed by atoms with van der Waals surface area (Å²) in [5.41, 5.74) is 4.97. The maximum Gasteiger partial charge on any atom is 0.237 e. The lowest BCUT2D eigenvalue weighted by Crippen LogP contribution is -2.36. The molecule has 94 valence electrons. The van der Waals surface area contributed by atoms with Gasteiger partial charge in [0.05, 0.1) is 13.0 Å². The topological polar surface area (TPSA) is 41.6 Å². The van der Waals surface area contributed by atoms with Crippen LogP contribution in [0.4, 0.5) is 0 Å². The van der Waals surface area contributed by atoms with Gasteiger partial charge in [-0.25, -0.2) is 5.01 Å². The van der Waals surface area contributed by atoms with Crippen LogP contribution >= 0.6 is 0 Å². The standard InChI is InChI=1S/C13H20N2O2/c1-10-5-6-12(11(2)9-10)17-8-7-13(16)14-15(3)4/h5-6,9H,7-8H2,1-4H3,(H,14,16). The fourth-order valence-electron chi connectivity index (χ4n) is 1.52. The molecule has 0 fully saturated rings. The van der Waals surface area contributed by atoms with Crippen molar-refractivity contribution in [1.29, 1.82) is 0 Å². The summed E-state index contributed by atoms with van der Waals surface area (Å²) in [7, 11) is 3.56. The number of carbonyl (C=O) groups excluding carboxylic acids is 1. The van der Waals surface area contributed by atoms with Gasteiger partial charge in [0.25, 0.3) is 0 Å². The molecule has 1 aromatic carbocycles. The molecule has 4 nitrogen and oxygen atoms in total. The highest BCUT2D eigenvalue weighted by molar-refractivity contribution is 5.75. The molecule has 0 aliphatic rings. The van der Waals surface area contributed by atoms with Crippen LogP contribution in [0.25, 0.3) is 0 Å². The molecule has 4 heteroatoms. The molecule has 1 aromatic rings. The van der Waals surface area contributed by atoms with Crippen molar-refractivity contribution in [3.63, 3.8) is 0 Å². The van der Waals surface area contributed by atoms with Crippen LogP contribution in [0.2, 0.25) is 0 Å². The van der Waals surface area contributed by atoms with Gasteiger partial charge in [0, 0.05) is 14.1 Å². The van der Waals surface area contributed by atoms with E-state index in [1.54, 1.807) is 19.1 Å². The number of nitrogens with zero attached hydrogens (tertiary/aromatic N) is 1. The molecule has 0 spiro atoms. The molecule has 0 saturated heterocycles. The van der Waals surface area contributed by atoms with Crippen LogP contribution < -0.4 is 10.2 Å². The zero-order valence-electron chi connectivity index (χ0n) is 10.9. The third kappa shape index (κ3) is 4.87. The Labute approximate surface area is 103 Å². The number of hydrogen-bond acceptors (Lipinski definition) is 3. The zero-order valence-corrected chi connectivity index (χ0v) is 10.9. The van der Waals surface area contributed by atoms with E-state index >= 15 is 0 Å². The molecule has 1 rings (SSSR count). The van der Waals surface area contributed by atoms with E-state index in [9.17, 15) is 4.79 Å². The molecule has 17 heavy (non-hydrogen) atoms. The van der Waals surface area contributed by atoms with Crippen molar-refractivity contribution in [1.82, 2.24) is 10.4 Å². The third-order valence-corrected chi connectivity index (χ3v) is 2.27. The Morgan fingerprint density at radius 1 is 1.35 bits per heavy atom. The molecule has 0 aliphatic carbocycles. The van der Waals surface area contributed by atoms with Gasteiger partial charge in [0.1, 0.15) is 5.75 Å². The van der Waals surface area contributed by atoms with E-state index in [0.29, 0.717) is 13.0 Å². The van der Waals surface area contributed by atoms with Crippen molar-refractivity contribution < 1.29 is 9.53 Å². The van der Waals surface area contributed by atoms with Gasteiger partial charge >= 0.3 is 0 Å². The summed E-state index contributed by atoms with van der Waals surface area (Å²) in [6.45, 7) is 4.44. The SMILES string of the molecule is Cc1ccc(OCCC(=O)NN(C)C)c(C)c1. The first kappa shape index (κ1) is 13.5. The Morgan fingerprint density at radius 3 is 2.65 bits per heavy atom. The van der Waals surface area contributed by atoms with Gasteiger partial charge in [0.15, 0.2) is 0 Å². The maximum atomic E-state index is 11.3. The Morgan fingerprint density at radius 2 is 2.06 bits per heavy atom. The van der Waals surface area contributed by atoms with Gasteiger partial charge in [-0.05, 0) is 25.5 Å².